The minimum atomic E-state index is -4.25. The van der Waals surface area contributed by atoms with E-state index in [1.54, 1.807) is 11.3 Å². The molecule has 10 nitrogen and oxygen atoms in total. The van der Waals surface area contributed by atoms with Crippen molar-refractivity contribution in [3.8, 4) is 0 Å². The van der Waals surface area contributed by atoms with E-state index in [0.717, 1.165) is 39.2 Å². The molecule has 3 aromatic rings. The van der Waals surface area contributed by atoms with Crippen molar-refractivity contribution in [1.82, 2.24) is 14.5 Å². The Balaban J connectivity index is 1.27. The van der Waals surface area contributed by atoms with E-state index in [9.17, 15) is 28.0 Å². The number of carbonyl (C=O) groups is 3. The number of thiophene rings is 2. The molecule has 2 atom stereocenters. The van der Waals surface area contributed by atoms with Crippen LogP contribution in [0.15, 0.2) is 46.9 Å². The van der Waals surface area contributed by atoms with Gasteiger partial charge in [0.25, 0.3) is 5.91 Å². The van der Waals surface area contributed by atoms with E-state index in [0.29, 0.717) is 17.7 Å². The van der Waals surface area contributed by atoms with E-state index < -0.39 is 39.2 Å². The summed E-state index contributed by atoms with van der Waals surface area (Å²) in [5.74, 6) is -1.02. The fourth-order valence-corrected chi connectivity index (χ4v) is 9.69. The van der Waals surface area contributed by atoms with Gasteiger partial charge < -0.3 is 15.4 Å². The van der Waals surface area contributed by atoms with E-state index in [4.69, 9.17) is 0 Å². The van der Waals surface area contributed by atoms with Crippen molar-refractivity contribution in [3.63, 3.8) is 0 Å². The Labute approximate surface area is 227 Å². The van der Waals surface area contributed by atoms with Crippen molar-refractivity contribution in [3.05, 3.63) is 52.0 Å². The standard InChI is InChI=1S/C25H26N4O6S3/c30-17-15-29(38(34,35)21-6-2-5-11-28(21)33)16-7-12-27(22(16)17)24(32)25(9-3-1-4-10-25)26-23(31)20-14-19-18(37-20)8-13-36-19/h2,5-6,8,11,13-14,16,22H,1,3-4,7,9-10,12,15H2,(H,26,31). The highest BCUT2D eigenvalue weighted by atomic mass is 32.2. The molecule has 3 fully saturated rings. The first-order valence-corrected chi connectivity index (χ1v) is 15.7. The van der Waals surface area contributed by atoms with Crippen LogP contribution in [0.25, 0.3) is 9.40 Å². The number of hydrogen-bond acceptors (Lipinski definition) is 8. The Morgan fingerprint density at radius 1 is 1.13 bits per heavy atom. The molecule has 200 valence electrons. The topological polar surface area (TPSA) is 131 Å². The number of hydrogen-bond donors (Lipinski definition) is 1. The van der Waals surface area contributed by atoms with Crippen LogP contribution in [0.3, 0.4) is 0 Å². The van der Waals surface area contributed by atoms with E-state index in [2.05, 4.69) is 5.32 Å². The predicted molar refractivity (Wildman–Crippen MR) is 141 cm³/mol. The van der Waals surface area contributed by atoms with Gasteiger partial charge in [0.05, 0.1) is 17.5 Å². The van der Waals surface area contributed by atoms with E-state index in [1.807, 2.05) is 17.5 Å². The molecule has 1 N–H and O–H groups in total. The van der Waals surface area contributed by atoms with E-state index in [-0.39, 0.29) is 35.3 Å². The third-order valence-electron chi connectivity index (χ3n) is 7.83. The number of carbonyl (C=O) groups excluding carboxylic acids is 3. The number of amides is 2. The smallest absolute Gasteiger partial charge is 0.323 e. The number of likely N-dealkylation sites (tertiary alicyclic amines) is 1. The van der Waals surface area contributed by atoms with Crippen LogP contribution in [0.1, 0.15) is 48.2 Å². The molecule has 1 saturated carbocycles. The molecule has 1 aliphatic carbocycles. The maximum atomic E-state index is 14.1. The number of sulfonamides is 1. The van der Waals surface area contributed by atoms with Gasteiger partial charge >= 0.3 is 15.0 Å². The molecule has 0 bridgehead atoms. The summed E-state index contributed by atoms with van der Waals surface area (Å²) in [6.45, 7) is -0.202. The maximum absolute atomic E-state index is 14.1. The number of nitrogens with one attached hydrogen (secondary N) is 1. The lowest BCUT2D eigenvalue weighted by atomic mass is 9.80. The zero-order valence-electron chi connectivity index (χ0n) is 20.4. The Morgan fingerprint density at radius 2 is 1.92 bits per heavy atom. The van der Waals surface area contributed by atoms with Gasteiger partial charge in [-0.15, -0.1) is 22.7 Å². The Hall–Kier alpha value is -2.87. The molecular weight excluding hydrogens is 548 g/mol. The highest BCUT2D eigenvalue weighted by Gasteiger charge is 2.57. The van der Waals surface area contributed by atoms with Gasteiger partial charge in [0.15, 0.2) is 12.0 Å². The summed E-state index contributed by atoms with van der Waals surface area (Å²) in [5.41, 5.74) is -1.15. The van der Waals surface area contributed by atoms with Crippen molar-refractivity contribution in [2.24, 2.45) is 0 Å². The van der Waals surface area contributed by atoms with Crippen molar-refractivity contribution in [1.29, 1.82) is 0 Å². The highest BCUT2D eigenvalue weighted by Crippen LogP contribution is 2.38. The minimum absolute atomic E-state index is 0.199. The lowest BCUT2D eigenvalue weighted by molar-refractivity contribution is -0.646. The van der Waals surface area contributed by atoms with Gasteiger partial charge in [0, 0.05) is 28.1 Å². The normalized spacial score (nSPS) is 23.6. The van der Waals surface area contributed by atoms with Crippen LogP contribution in [0.2, 0.25) is 0 Å². The number of nitrogens with zero attached hydrogens (tertiary/aromatic N) is 3. The summed E-state index contributed by atoms with van der Waals surface area (Å²) in [7, 11) is -4.25. The van der Waals surface area contributed by atoms with Gasteiger partial charge in [-0.1, -0.05) is 19.3 Å². The second-order valence-corrected chi connectivity index (χ2v) is 13.9. The van der Waals surface area contributed by atoms with E-state index >= 15 is 0 Å². The lowest BCUT2D eigenvalue weighted by Crippen LogP contribution is -2.62. The first-order valence-electron chi connectivity index (χ1n) is 12.5. The molecule has 5 heterocycles. The third-order valence-corrected chi connectivity index (χ3v) is 11.8. The first-order chi connectivity index (χ1) is 18.2. The van der Waals surface area contributed by atoms with Crippen molar-refractivity contribution >= 4 is 59.7 Å². The second-order valence-electron chi connectivity index (χ2n) is 10.0. The van der Waals surface area contributed by atoms with Crippen LogP contribution in [-0.4, -0.2) is 65.9 Å². The quantitative estimate of drug-likeness (QED) is 0.368. The van der Waals surface area contributed by atoms with Crippen LogP contribution < -0.4 is 10.0 Å². The van der Waals surface area contributed by atoms with Gasteiger partial charge in [-0.3, -0.25) is 14.4 Å². The summed E-state index contributed by atoms with van der Waals surface area (Å²) < 4.78 is 30.0. The highest BCUT2D eigenvalue weighted by molar-refractivity contribution is 7.89. The molecule has 2 saturated heterocycles. The SMILES string of the molecule is O=C(NC1(C(=O)N2CCC3C2C(=O)CN3S(=O)(=O)c2cccc[n+]2[O-])CCCCC1)c1cc2sccc2s1. The van der Waals surface area contributed by atoms with Gasteiger partial charge in [-0.25, -0.2) is 8.42 Å². The molecule has 2 aliphatic heterocycles. The predicted octanol–water partition coefficient (Wildman–Crippen LogP) is 2.27. The van der Waals surface area contributed by atoms with Crippen LogP contribution in [0.4, 0.5) is 0 Å². The Bertz CT molecular complexity index is 1510. The fourth-order valence-electron chi connectivity index (χ4n) is 6.03. The minimum Gasteiger partial charge on any atom is -0.618 e. The lowest BCUT2D eigenvalue weighted by Gasteiger charge is -2.40. The number of aromatic nitrogens is 1. The molecule has 0 radical (unpaired) electrons. The third kappa shape index (κ3) is 4.03. The summed E-state index contributed by atoms with van der Waals surface area (Å²) in [4.78, 5) is 42.6. The van der Waals surface area contributed by atoms with Crippen LogP contribution in [0, 0.1) is 5.21 Å². The summed E-state index contributed by atoms with van der Waals surface area (Å²) in [6, 6.07) is 6.19. The molecule has 13 heteroatoms. The molecular formula is C25H26N4O6S3. The van der Waals surface area contributed by atoms with Gasteiger partial charge in [-0.05, 0) is 42.8 Å². The molecule has 0 spiro atoms. The average Bonchev–Trinajstić information content (AvgIpc) is 3.66. The molecule has 2 amide bonds. The number of fused-ring (bicyclic) bond motifs is 2. The zero-order chi connectivity index (χ0) is 26.7. The van der Waals surface area contributed by atoms with Gasteiger partial charge in [-0.2, -0.15) is 9.04 Å². The number of rotatable bonds is 5. The maximum Gasteiger partial charge on any atom is 0.323 e. The molecule has 6 rings (SSSR count). The van der Waals surface area contributed by atoms with Crippen molar-refractivity contribution in [2.45, 2.75) is 61.2 Å². The van der Waals surface area contributed by atoms with Crippen LogP contribution in [0.5, 0.6) is 0 Å². The van der Waals surface area contributed by atoms with Crippen molar-refractivity contribution < 1.29 is 27.5 Å². The zero-order valence-corrected chi connectivity index (χ0v) is 22.8. The average molecular weight is 575 g/mol. The largest absolute Gasteiger partial charge is 0.618 e. The molecule has 3 aromatic heterocycles. The molecule has 38 heavy (non-hydrogen) atoms. The van der Waals surface area contributed by atoms with Crippen molar-refractivity contribution in [2.75, 3.05) is 13.1 Å². The summed E-state index contributed by atoms with van der Waals surface area (Å²) >= 11 is 2.93. The number of pyridine rings is 1. The Morgan fingerprint density at radius 3 is 2.66 bits per heavy atom. The monoisotopic (exact) mass is 574 g/mol. The van der Waals surface area contributed by atoms with Crippen LogP contribution in [-0.2, 0) is 19.6 Å². The number of ketones is 1. The first kappa shape index (κ1) is 25.4. The summed E-state index contributed by atoms with van der Waals surface area (Å²) in [6.07, 6.45) is 4.77. The van der Waals surface area contributed by atoms with Gasteiger partial charge in [0.2, 0.25) is 5.91 Å². The summed E-state index contributed by atoms with van der Waals surface area (Å²) in [5, 5.41) is 16.8. The molecule has 3 aliphatic rings. The van der Waals surface area contributed by atoms with Crippen LogP contribution >= 0.6 is 22.7 Å². The van der Waals surface area contributed by atoms with E-state index in [1.165, 1.54) is 34.4 Å². The Kier molecular flexibility index (Phi) is 6.29. The molecule has 2 unspecified atom stereocenters. The second kappa shape index (κ2) is 9.40. The molecule has 0 aromatic carbocycles. The number of Topliss-reactive ketones (excluding diaryl/α,β-unsaturated/α-hetero) is 1. The van der Waals surface area contributed by atoms with Gasteiger partial charge in [0.1, 0.15) is 11.6 Å². The fraction of sp³-hybridized carbons (Fsp3) is 0.440.